The lowest BCUT2D eigenvalue weighted by molar-refractivity contribution is 0.431. The Morgan fingerprint density at radius 1 is 1.31 bits per heavy atom. The zero-order chi connectivity index (χ0) is 11.7. The minimum Gasteiger partial charge on any atom is -0.459 e. The molecule has 16 heavy (non-hydrogen) atoms. The molecule has 1 unspecified atom stereocenters. The summed E-state index contributed by atoms with van der Waals surface area (Å²) < 4.78 is 18.6. The first kappa shape index (κ1) is 11.1. The fourth-order valence-corrected chi connectivity index (χ4v) is 1.84. The van der Waals surface area contributed by atoms with Gasteiger partial charge in [0.05, 0.1) is 6.04 Å². The molecular weight excluding hydrogens is 205 g/mol. The summed E-state index contributed by atoms with van der Waals surface area (Å²) in [5.41, 5.74) is 6.70. The molecule has 0 saturated heterocycles. The molecule has 1 aromatic heterocycles. The molecule has 1 aromatic carbocycles. The lowest BCUT2D eigenvalue weighted by Gasteiger charge is -2.10. The molecule has 0 spiro atoms. The topological polar surface area (TPSA) is 39.2 Å². The number of fused-ring (bicyclic) bond motifs is 1. The second-order valence-corrected chi connectivity index (χ2v) is 4.57. The van der Waals surface area contributed by atoms with Gasteiger partial charge in [0.2, 0.25) is 0 Å². The molecule has 0 aliphatic heterocycles. The van der Waals surface area contributed by atoms with Crippen LogP contribution in [0.25, 0.3) is 11.0 Å². The van der Waals surface area contributed by atoms with Crippen LogP contribution in [-0.2, 0) is 0 Å². The van der Waals surface area contributed by atoms with Crippen LogP contribution in [0.3, 0.4) is 0 Å². The van der Waals surface area contributed by atoms with Gasteiger partial charge < -0.3 is 10.2 Å². The molecule has 2 nitrogen and oxygen atoms in total. The minimum atomic E-state index is -0.253. The van der Waals surface area contributed by atoms with Crippen molar-refractivity contribution in [1.29, 1.82) is 0 Å². The molecule has 2 rings (SSSR count). The van der Waals surface area contributed by atoms with Gasteiger partial charge in [-0.1, -0.05) is 13.8 Å². The van der Waals surface area contributed by atoms with E-state index in [1.807, 2.05) is 6.07 Å². The highest BCUT2D eigenvalue weighted by Crippen LogP contribution is 2.26. The van der Waals surface area contributed by atoms with Gasteiger partial charge >= 0.3 is 0 Å². The van der Waals surface area contributed by atoms with Crippen LogP contribution in [0.5, 0.6) is 0 Å². The van der Waals surface area contributed by atoms with Crippen LogP contribution in [-0.4, -0.2) is 0 Å². The van der Waals surface area contributed by atoms with Crippen molar-refractivity contribution in [3.63, 3.8) is 0 Å². The maximum absolute atomic E-state index is 13.0. The van der Waals surface area contributed by atoms with Crippen LogP contribution in [0.15, 0.2) is 28.7 Å². The second kappa shape index (κ2) is 4.26. The van der Waals surface area contributed by atoms with Gasteiger partial charge in [0.15, 0.2) is 0 Å². The lowest BCUT2D eigenvalue weighted by atomic mass is 10.0. The molecule has 1 atom stereocenters. The summed E-state index contributed by atoms with van der Waals surface area (Å²) >= 11 is 0. The number of halogens is 1. The van der Waals surface area contributed by atoms with Crippen molar-refractivity contribution in [3.05, 3.63) is 35.8 Å². The van der Waals surface area contributed by atoms with Crippen molar-refractivity contribution in [2.24, 2.45) is 11.7 Å². The molecule has 0 radical (unpaired) electrons. The highest BCUT2D eigenvalue weighted by Gasteiger charge is 2.13. The number of benzene rings is 1. The van der Waals surface area contributed by atoms with Crippen molar-refractivity contribution in [3.8, 4) is 0 Å². The molecule has 3 heteroatoms. The summed E-state index contributed by atoms with van der Waals surface area (Å²) in [5, 5.41) is 0.772. The summed E-state index contributed by atoms with van der Waals surface area (Å²) in [6.45, 7) is 4.23. The van der Waals surface area contributed by atoms with E-state index in [0.717, 1.165) is 17.6 Å². The van der Waals surface area contributed by atoms with E-state index < -0.39 is 0 Å². The molecule has 0 bridgehead atoms. The van der Waals surface area contributed by atoms with E-state index in [-0.39, 0.29) is 11.9 Å². The Hall–Kier alpha value is -1.35. The van der Waals surface area contributed by atoms with Crippen molar-refractivity contribution < 1.29 is 8.81 Å². The van der Waals surface area contributed by atoms with Crippen molar-refractivity contribution in [2.45, 2.75) is 26.3 Å². The molecule has 2 aromatic rings. The van der Waals surface area contributed by atoms with E-state index in [1.54, 1.807) is 6.07 Å². The predicted molar refractivity (Wildman–Crippen MR) is 62.6 cm³/mol. The van der Waals surface area contributed by atoms with E-state index >= 15 is 0 Å². The Bertz CT molecular complexity index is 490. The highest BCUT2D eigenvalue weighted by molar-refractivity contribution is 5.77. The Kier molecular flexibility index (Phi) is 2.97. The third kappa shape index (κ3) is 2.25. The maximum Gasteiger partial charge on any atom is 0.134 e. The summed E-state index contributed by atoms with van der Waals surface area (Å²) in [6.07, 6.45) is 0.863. The summed E-state index contributed by atoms with van der Waals surface area (Å²) in [4.78, 5) is 0. The average Bonchev–Trinajstić information content (AvgIpc) is 2.59. The molecule has 0 aliphatic carbocycles. The second-order valence-electron chi connectivity index (χ2n) is 4.57. The van der Waals surface area contributed by atoms with Crippen molar-refractivity contribution >= 4 is 11.0 Å². The van der Waals surface area contributed by atoms with Crippen LogP contribution < -0.4 is 5.73 Å². The smallest absolute Gasteiger partial charge is 0.134 e. The maximum atomic E-state index is 13.0. The van der Waals surface area contributed by atoms with Crippen molar-refractivity contribution in [1.82, 2.24) is 0 Å². The summed E-state index contributed by atoms with van der Waals surface area (Å²) in [7, 11) is 0. The quantitative estimate of drug-likeness (QED) is 0.859. The van der Waals surface area contributed by atoms with Gasteiger partial charge in [-0.3, -0.25) is 0 Å². The van der Waals surface area contributed by atoms with Crippen LogP contribution in [0.2, 0.25) is 0 Å². The average molecular weight is 221 g/mol. The molecule has 2 N–H and O–H groups in total. The van der Waals surface area contributed by atoms with Gasteiger partial charge in [-0.05, 0) is 36.6 Å². The summed E-state index contributed by atoms with van der Waals surface area (Å²) in [5.74, 6) is 0.992. The SMILES string of the molecule is CC(C)CC(N)c1cc2cc(F)ccc2o1. The fourth-order valence-electron chi connectivity index (χ4n) is 1.84. The van der Waals surface area contributed by atoms with Crippen LogP contribution in [0.4, 0.5) is 4.39 Å². The molecule has 0 fully saturated rings. The zero-order valence-electron chi connectivity index (χ0n) is 9.53. The Morgan fingerprint density at radius 2 is 2.06 bits per heavy atom. The number of rotatable bonds is 3. The third-order valence-corrected chi connectivity index (χ3v) is 2.59. The van der Waals surface area contributed by atoms with Crippen LogP contribution >= 0.6 is 0 Å². The Labute approximate surface area is 94.2 Å². The number of hydrogen-bond donors (Lipinski definition) is 1. The van der Waals surface area contributed by atoms with Crippen LogP contribution in [0.1, 0.15) is 32.1 Å². The number of hydrogen-bond acceptors (Lipinski definition) is 2. The van der Waals surface area contributed by atoms with Gasteiger partial charge in [-0.2, -0.15) is 0 Å². The van der Waals surface area contributed by atoms with Gasteiger partial charge in [-0.15, -0.1) is 0 Å². The lowest BCUT2D eigenvalue weighted by Crippen LogP contribution is -2.11. The van der Waals surface area contributed by atoms with Gasteiger partial charge in [0.1, 0.15) is 17.2 Å². The third-order valence-electron chi connectivity index (χ3n) is 2.59. The van der Waals surface area contributed by atoms with E-state index in [9.17, 15) is 4.39 Å². The monoisotopic (exact) mass is 221 g/mol. The largest absolute Gasteiger partial charge is 0.459 e. The first-order valence-electron chi connectivity index (χ1n) is 5.51. The van der Waals surface area contributed by atoms with E-state index in [2.05, 4.69) is 13.8 Å². The standard InChI is InChI=1S/C13H16FNO/c1-8(2)5-11(15)13-7-9-6-10(14)3-4-12(9)16-13/h3-4,6-8,11H,5,15H2,1-2H3. The first-order valence-corrected chi connectivity index (χ1v) is 5.51. The zero-order valence-corrected chi connectivity index (χ0v) is 9.53. The molecule has 0 saturated carbocycles. The van der Waals surface area contributed by atoms with Gasteiger partial charge in [0, 0.05) is 5.39 Å². The summed E-state index contributed by atoms with van der Waals surface area (Å²) in [6, 6.07) is 6.20. The number of nitrogens with two attached hydrogens (primary N) is 1. The van der Waals surface area contributed by atoms with E-state index in [0.29, 0.717) is 11.5 Å². The van der Waals surface area contributed by atoms with Gasteiger partial charge in [0.25, 0.3) is 0 Å². The molecule has 1 heterocycles. The van der Waals surface area contributed by atoms with E-state index in [1.165, 1.54) is 12.1 Å². The molecule has 0 aliphatic rings. The Balaban J connectivity index is 2.32. The van der Waals surface area contributed by atoms with Crippen molar-refractivity contribution in [2.75, 3.05) is 0 Å². The fraction of sp³-hybridized carbons (Fsp3) is 0.385. The van der Waals surface area contributed by atoms with Gasteiger partial charge in [-0.25, -0.2) is 4.39 Å². The van der Waals surface area contributed by atoms with Crippen LogP contribution in [0, 0.1) is 11.7 Å². The molecule has 86 valence electrons. The molecule has 0 amide bonds. The normalized spacial score (nSPS) is 13.6. The van der Waals surface area contributed by atoms with E-state index in [4.69, 9.17) is 10.2 Å². The first-order chi connectivity index (χ1) is 7.56. The highest BCUT2D eigenvalue weighted by atomic mass is 19.1. The predicted octanol–water partition coefficient (Wildman–Crippen LogP) is 3.62. The number of furan rings is 1. The molecular formula is C13H16FNO. The Morgan fingerprint density at radius 3 is 2.75 bits per heavy atom. The minimum absolute atomic E-state index is 0.115.